The van der Waals surface area contributed by atoms with E-state index in [2.05, 4.69) is 15.3 Å². The van der Waals surface area contributed by atoms with Gasteiger partial charge in [-0.25, -0.2) is 4.98 Å². The number of H-pyrrole nitrogens is 1. The minimum absolute atomic E-state index is 0.139. The summed E-state index contributed by atoms with van der Waals surface area (Å²) in [7, 11) is 0. The van der Waals surface area contributed by atoms with E-state index in [0.29, 0.717) is 12.2 Å². The van der Waals surface area contributed by atoms with Crippen molar-refractivity contribution in [2.24, 2.45) is 11.7 Å². The van der Waals surface area contributed by atoms with E-state index in [-0.39, 0.29) is 11.5 Å². The smallest absolute Gasteiger partial charge is 0.264 e. The number of hydrogen-bond acceptors (Lipinski definition) is 4. The third kappa shape index (κ3) is 4.32. The number of hydrogen-bond donors (Lipinski definition) is 3. The lowest BCUT2D eigenvalue weighted by Gasteiger charge is -2.20. The molecule has 7 nitrogen and oxygen atoms in total. The molecule has 132 valence electrons. The van der Waals surface area contributed by atoms with Crippen molar-refractivity contribution in [3.63, 3.8) is 0 Å². The summed E-state index contributed by atoms with van der Waals surface area (Å²) >= 11 is 0. The summed E-state index contributed by atoms with van der Waals surface area (Å²) in [5.41, 5.74) is 6.38. The fraction of sp³-hybridized carbons (Fsp3) is 0.333. The molecule has 0 aliphatic carbocycles. The quantitative estimate of drug-likeness (QED) is 0.735. The Hall–Kier alpha value is -2.96. The van der Waals surface area contributed by atoms with Crippen molar-refractivity contribution in [1.29, 1.82) is 0 Å². The van der Waals surface area contributed by atoms with Crippen LogP contribution in [0, 0.1) is 12.8 Å². The van der Waals surface area contributed by atoms with Gasteiger partial charge in [-0.15, -0.1) is 0 Å². The van der Waals surface area contributed by atoms with Crippen LogP contribution in [0.15, 0.2) is 35.3 Å². The zero-order valence-electron chi connectivity index (χ0n) is 14.5. The summed E-state index contributed by atoms with van der Waals surface area (Å²) in [6.07, 6.45) is 1.87. The highest BCUT2D eigenvalue weighted by Crippen LogP contribution is 2.14. The van der Waals surface area contributed by atoms with Gasteiger partial charge >= 0.3 is 0 Å². The molecule has 0 bridgehead atoms. The van der Waals surface area contributed by atoms with Gasteiger partial charge in [0.1, 0.15) is 17.4 Å². The van der Waals surface area contributed by atoms with Gasteiger partial charge in [0.05, 0.1) is 0 Å². The van der Waals surface area contributed by atoms with Crippen molar-refractivity contribution in [3.8, 4) is 11.4 Å². The number of aryl methyl sites for hydroxylation is 1. The number of carbonyl (C=O) groups is 2. The number of amides is 2. The predicted molar refractivity (Wildman–Crippen MR) is 94.9 cm³/mol. The molecule has 0 saturated heterocycles. The number of rotatable bonds is 6. The zero-order valence-corrected chi connectivity index (χ0v) is 14.5. The molecule has 1 aromatic heterocycles. The van der Waals surface area contributed by atoms with Crippen molar-refractivity contribution in [2.75, 3.05) is 0 Å². The first-order valence-corrected chi connectivity index (χ1v) is 8.10. The maximum absolute atomic E-state index is 12.3. The minimum atomic E-state index is -0.839. The third-order valence-corrected chi connectivity index (χ3v) is 4.14. The fourth-order valence-electron chi connectivity index (χ4n) is 2.44. The molecular formula is C18H22N4O3. The van der Waals surface area contributed by atoms with E-state index in [4.69, 9.17) is 5.73 Å². The second-order valence-electron chi connectivity index (χ2n) is 6.08. The van der Waals surface area contributed by atoms with Crippen LogP contribution in [-0.2, 0) is 4.79 Å². The lowest BCUT2D eigenvalue weighted by atomic mass is 9.98. The van der Waals surface area contributed by atoms with E-state index in [1.165, 1.54) is 6.20 Å². The SMILES string of the molecule is CC[C@H](C)[C@H](NC(=O)c1cnc(-c2cccc(C)c2)[nH]c1=O)C(N)=O. The largest absolute Gasteiger partial charge is 0.368 e. The normalized spacial score (nSPS) is 13.1. The lowest BCUT2D eigenvalue weighted by Crippen LogP contribution is -2.49. The van der Waals surface area contributed by atoms with Gasteiger partial charge in [-0.05, 0) is 18.9 Å². The number of carbonyl (C=O) groups excluding carboxylic acids is 2. The standard InChI is InChI=1S/C18H22N4O3/c1-4-11(3)14(15(19)23)21-17(24)13-9-20-16(22-18(13)25)12-7-5-6-10(2)8-12/h5-9,11,14H,4H2,1-3H3,(H2,19,23)(H,21,24)(H,20,22,25)/t11-,14-/m0/s1. The highest BCUT2D eigenvalue weighted by molar-refractivity contribution is 5.96. The Labute approximate surface area is 145 Å². The van der Waals surface area contributed by atoms with E-state index in [9.17, 15) is 14.4 Å². The van der Waals surface area contributed by atoms with Crippen molar-refractivity contribution in [2.45, 2.75) is 33.2 Å². The highest BCUT2D eigenvalue weighted by atomic mass is 16.2. The maximum Gasteiger partial charge on any atom is 0.264 e. The van der Waals surface area contributed by atoms with Gasteiger partial charge in [-0.3, -0.25) is 14.4 Å². The lowest BCUT2D eigenvalue weighted by molar-refractivity contribution is -0.120. The first kappa shape index (κ1) is 18.4. The zero-order chi connectivity index (χ0) is 18.6. The summed E-state index contributed by atoms with van der Waals surface area (Å²) in [5, 5.41) is 2.52. The highest BCUT2D eigenvalue weighted by Gasteiger charge is 2.25. The number of nitrogens with two attached hydrogens (primary N) is 1. The van der Waals surface area contributed by atoms with Crippen LogP contribution in [0.3, 0.4) is 0 Å². The Morgan fingerprint density at radius 1 is 1.36 bits per heavy atom. The molecule has 1 heterocycles. The molecular weight excluding hydrogens is 320 g/mol. The van der Waals surface area contributed by atoms with Crippen molar-refractivity contribution >= 4 is 11.8 Å². The van der Waals surface area contributed by atoms with E-state index in [1.54, 1.807) is 6.92 Å². The van der Waals surface area contributed by atoms with Crippen LogP contribution in [0.1, 0.15) is 36.2 Å². The predicted octanol–water partition coefficient (Wildman–Crippen LogP) is 1.38. The Bertz CT molecular complexity index is 844. The maximum atomic E-state index is 12.3. The topological polar surface area (TPSA) is 118 Å². The van der Waals surface area contributed by atoms with Gasteiger partial charge < -0.3 is 16.0 Å². The summed E-state index contributed by atoms with van der Waals surface area (Å²) in [4.78, 5) is 42.9. The molecule has 0 unspecified atom stereocenters. The van der Waals surface area contributed by atoms with Crippen LogP contribution in [-0.4, -0.2) is 27.8 Å². The third-order valence-electron chi connectivity index (χ3n) is 4.14. The molecule has 2 atom stereocenters. The molecule has 0 radical (unpaired) electrons. The number of benzene rings is 1. The van der Waals surface area contributed by atoms with Crippen molar-refractivity contribution in [1.82, 2.24) is 15.3 Å². The molecule has 0 saturated carbocycles. The second kappa shape index (κ2) is 7.74. The van der Waals surface area contributed by atoms with Crippen LogP contribution in [0.5, 0.6) is 0 Å². The first-order chi connectivity index (χ1) is 11.8. The second-order valence-corrected chi connectivity index (χ2v) is 6.08. The number of aromatic amines is 1. The molecule has 2 amide bonds. The molecule has 0 spiro atoms. The molecule has 2 aromatic rings. The number of primary amides is 1. The van der Waals surface area contributed by atoms with Crippen LogP contribution in [0.25, 0.3) is 11.4 Å². The Morgan fingerprint density at radius 3 is 2.64 bits per heavy atom. The number of nitrogens with one attached hydrogen (secondary N) is 2. The van der Waals surface area contributed by atoms with Gasteiger partial charge in [0, 0.05) is 11.8 Å². The van der Waals surface area contributed by atoms with E-state index in [0.717, 1.165) is 11.1 Å². The first-order valence-electron chi connectivity index (χ1n) is 8.10. The van der Waals surface area contributed by atoms with Crippen molar-refractivity contribution < 1.29 is 9.59 Å². The molecule has 0 aliphatic rings. The molecule has 7 heteroatoms. The average molecular weight is 342 g/mol. The van der Waals surface area contributed by atoms with Gasteiger partial charge in [0.15, 0.2) is 0 Å². The Kier molecular flexibility index (Phi) is 5.69. The molecule has 4 N–H and O–H groups in total. The monoisotopic (exact) mass is 342 g/mol. The van der Waals surface area contributed by atoms with Crippen LogP contribution < -0.4 is 16.6 Å². The summed E-state index contributed by atoms with van der Waals surface area (Å²) in [5.74, 6) is -1.07. The Morgan fingerprint density at radius 2 is 2.08 bits per heavy atom. The van der Waals surface area contributed by atoms with Crippen molar-refractivity contribution in [3.05, 3.63) is 51.9 Å². The molecule has 1 aromatic carbocycles. The van der Waals surface area contributed by atoms with Gasteiger partial charge in [-0.1, -0.05) is 44.0 Å². The number of nitrogens with zero attached hydrogens (tertiary/aromatic N) is 1. The molecule has 25 heavy (non-hydrogen) atoms. The Balaban J connectivity index is 2.27. The van der Waals surface area contributed by atoms with Gasteiger partial charge in [0.25, 0.3) is 11.5 Å². The van der Waals surface area contributed by atoms with E-state index >= 15 is 0 Å². The number of aromatic nitrogens is 2. The molecule has 0 aliphatic heterocycles. The van der Waals surface area contributed by atoms with Gasteiger partial charge in [0.2, 0.25) is 5.91 Å². The minimum Gasteiger partial charge on any atom is -0.368 e. The molecule has 2 rings (SSSR count). The van der Waals surface area contributed by atoms with Crippen LogP contribution >= 0.6 is 0 Å². The van der Waals surface area contributed by atoms with Crippen LogP contribution in [0.2, 0.25) is 0 Å². The molecule has 0 fully saturated rings. The fourth-order valence-corrected chi connectivity index (χ4v) is 2.44. The van der Waals surface area contributed by atoms with Crippen LogP contribution in [0.4, 0.5) is 0 Å². The van der Waals surface area contributed by atoms with Gasteiger partial charge in [-0.2, -0.15) is 0 Å². The summed E-state index contributed by atoms with van der Waals surface area (Å²) in [6, 6.07) is 6.64. The van der Waals surface area contributed by atoms with E-state index < -0.39 is 23.4 Å². The van der Waals surface area contributed by atoms with E-state index in [1.807, 2.05) is 38.1 Å². The summed E-state index contributed by atoms with van der Waals surface area (Å²) < 4.78 is 0. The summed E-state index contributed by atoms with van der Waals surface area (Å²) in [6.45, 7) is 5.62. The average Bonchev–Trinajstić information content (AvgIpc) is 2.58.